The summed E-state index contributed by atoms with van der Waals surface area (Å²) in [4.78, 5) is 32.7. The number of carbonyl (C=O) groups excluding carboxylic acids is 1. The smallest absolute Gasteiger partial charge is 0.275 e. The van der Waals surface area contributed by atoms with Gasteiger partial charge >= 0.3 is 0 Å². The standard InChI is InChI=1S/C27H21B2ClN4O4/c1-15-31-22-10-7-18(12-23(22)38-15)34(27(2,28)29)24(35)14-33-26(36)21-13-19(37-3)8-9-20(21)25(32-33)16-5-4-6-17(30)11-16/h4-13H,14H2,1-3H3. The maximum atomic E-state index is 13.7. The molecule has 5 rings (SSSR count). The highest BCUT2D eigenvalue weighted by atomic mass is 35.5. The van der Waals surface area contributed by atoms with Crippen LogP contribution in [0.15, 0.2) is 69.9 Å². The van der Waals surface area contributed by atoms with Crippen molar-refractivity contribution in [2.45, 2.75) is 25.7 Å². The highest BCUT2D eigenvalue weighted by Crippen LogP contribution is 2.30. The highest BCUT2D eigenvalue weighted by molar-refractivity contribution is 6.43. The zero-order valence-corrected chi connectivity index (χ0v) is 21.7. The zero-order valence-electron chi connectivity index (χ0n) is 20.9. The van der Waals surface area contributed by atoms with E-state index in [1.165, 1.54) is 18.9 Å². The molecule has 0 bridgehead atoms. The van der Waals surface area contributed by atoms with Crippen molar-refractivity contribution in [3.8, 4) is 17.0 Å². The van der Waals surface area contributed by atoms with Gasteiger partial charge in [0.05, 0.1) is 33.9 Å². The number of oxazole rings is 1. The number of methoxy groups -OCH3 is 1. The van der Waals surface area contributed by atoms with Gasteiger partial charge < -0.3 is 14.1 Å². The van der Waals surface area contributed by atoms with E-state index >= 15 is 0 Å². The third kappa shape index (κ3) is 4.79. The lowest BCUT2D eigenvalue weighted by Gasteiger charge is -2.37. The number of benzene rings is 3. The van der Waals surface area contributed by atoms with E-state index in [1.807, 2.05) is 6.07 Å². The molecule has 186 valence electrons. The average molecular weight is 523 g/mol. The van der Waals surface area contributed by atoms with Crippen molar-refractivity contribution in [3.63, 3.8) is 0 Å². The summed E-state index contributed by atoms with van der Waals surface area (Å²) in [6.45, 7) is 2.78. The molecule has 0 saturated heterocycles. The minimum absolute atomic E-state index is 0.329. The van der Waals surface area contributed by atoms with Crippen LogP contribution in [0.2, 0.25) is 5.02 Å². The Hall–Kier alpha value is -4.04. The van der Waals surface area contributed by atoms with Crippen LogP contribution in [0.25, 0.3) is 33.1 Å². The summed E-state index contributed by atoms with van der Waals surface area (Å²) in [6.07, 6.45) is 0. The summed E-state index contributed by atoms with van der Waals surface area (Å²) < 4.78 is 12.0. The minimum Gasteiger partial charge on any atom is -0.497 e. The number of ether oxygens (including phenoxy) is 1. The number of carbonyl (C=O) groups is 1. The fourth-order valence-electron chi connectivity index (χ4n) is 4.41. The molecular weight excluding hydrogens is 501 g/mol. The molecule has 1 amide bonds. The van der Waals surface area contributed by atoms with Gasteiger partial charge in [0.1, 0.15) is 17.8 Å². The number of aromatic nitrogens is 3. The lowest BCUT2D eigenvalue weighted by molar-refractivity contribution is -0.119. The van der Waals surface area contributed by atoms with Crippen molar-refractivity contribution in [1.82, 2.24) is 14.8 Å². The Morgan fingerprint density at radius 2 is 1.92 bits per heavy atom. The fourth-order valence-corrected chi connectivity index (χ4v) is 4.60. The largest absolute Gasteiger partial charge is 0.497 e. The summed E-state index contributed by atoms with van der Waals surface area (Å²) >= 11 is 6.23. The average Bonchev–Trinajstić information content (AvgIpc) is 3.24. The van der Waals surface area contributed by atoms with Gasteiger partial charge in [0.15, 0.2) is 11.5 Å². The Bertz CT molecular complexity index is 1760. The summed E-state index contributed by atoms with van der Waals surface area (Å²) in [5.41, 5.74) is 2.16. The molecule has 0 aliphatic carbocycles. The first kappa shape index (κ1) is 25.6. The van der Waals surface area contributed by atoms with Crippen LogP contribution in [0, 0.1) is 6.92 Å². The zero-order chi connectivity index (χ0) is 27.2. The number of hydrogen-bond acceptors (Lipinski definition) is 6. The molecule has 0 spiro atoms. The van der Waals surface area contributed by atoms with E-state index in [-0.39, 0.29) is 0 Å². The van der Waals surface area contributed by atoms with E-state index in [0.29, 0.717) is 55.5 Å². The SMILES string of the molecule is [B]C([B])(C)N(C(=O)Cn1nc(-c2cccc(Cl)c2)c2ccc(OC)cc2c1=O)c1ccc2nc(C)oc2c1. The summed E-state index contributed by atoms with van der Waals surface area (Å²) in [5.74, 6) is 0.417. The Balaban J connectivity index is 1.63. The first-order valence-corrected chi connectivity index (χ1v) is 12.1. The topological polar surface area (TPSA) is 90.5 Å². The Morgan fingerprint density at radius 3 is 2.63 bits per heavy atom. The summed E-state index contributed by atoms with van der Waals surface area (Å²) in [7, 11) is 13.9. The number of halogens is 1. The van der Waals surface area contributed by atoms with Crippen LogP contribution in [0.3, 0.4) is 0 Å². The summed E-state index contributed by atoms with van der Waals surface area (Å²) in [5, 5.41) is 4.39. The van der Waals surface area contributed by atoms with Gasteiger partial charge in [0, 0.05) is 34.6 Å². The molecular formula is C27H21B2ClN4O4. The van der Waals surface area contributed by atoms with Crippen molar-refractivity contribution in [1.29, 1.82) is 0 Å². The molecule has 8 nitrogen and oxygen atoms in total. The molecule has 2 aromatic heterocycles. The molecule has 38 heavy (non-hydrogen) atoms. The molecule has 0 unspecified atom stereocenters. The molecule has 2 heterocycles. The third-order valence-corrected chi connectivity index (χ3v) is 6.25. The predicted octanol–water partition coefficient (Wildman–Crippen LogP) is 4.22. The van der Waals surface area contributed by atoms with Gasteiger partial charge in [-0.3, -0.25) is 9.59 Å². The van der Waals surface area contributed by atoms with Gasteiger partial charge in [0.25, 0.3) is 5.56 Å². The van der Waals surface area contributed by atoms with Gasteiger partial charge in [-0.15, -0.1) is 0 Å². The number of aryl methyl sites for hydroxylation is 1. The second-order valence-electron chi connectivity index (χ2n) is 9.07. The van der Waals surface area contributed by atoms with Gasteiger partial charge in [-0.25, -0.2) is 9.67 Å². The van der Waals surface area contributed by atoms with E-state index < -0.39 is 23.3 Å². The quantitative estimate of drug-likeness (QED) is 0.310. The van der Waals surface area contributed by atoms with Crippen molar-refractivity contribution in [2.75, 3.05) is 12.0 Å². The maximum Gasteiger partial charge on any atom is 0.275 e. The fraction of sp³-hybridized carbons (Fsp3) is 0.185. The molecule has 0 aliphatic rings. The van der Waals surface area contributed by atoms with Gasteiger partial charge in [-0.1, -0.05) is 30.7 Å². The number of nitrogens with zero attached hydrogens (tertiary/aromatic N) is 4. The molecule has 0 N–H and O–H groups in total. The van der Waals surface area contributed by atoms with Crippen LogP contribution < -0.4 is 15.2 Å². The molecule has 4 radical (unpaired) electrons. The van der Waals surface area contributed by atoms with Crippen LogP contribution in [0.1, 0.15) is 12.8 Å². The van der Waals surface area contributed by atoms with Crippen molar-refractivity contribution in [3.05, 3.63) is 81.9 Å². The van der Waals surface area contributed by atoms with Crippen LogP contribution in [-0.2, 0) is 11.3 Å². The number of rotatable bonds is 6. The monoisotopic (exact) mass is 522 g/mol. The van der Waals surface area contributed by atoms with E-state index in [2.05, 4.69) is 10.1 Å². The molecule has 11 heteroatoms. The number of fused-ring (bicyclic) bond motifs is 2. The van der Waals surface area contributed by atoms with Gasteiger partial charge in [-0.2, -0.15) is 5.10 Å². The number of hydrogen-bond donors (Lipinski definition) is 0. The molecule has 0 fully saturated rings. The molecule has 5 aromatic rings. The van der Waals surface area contributed by atoms with Crippen LogP contribution >= 0.6 is 11.6 Å². The van der Waals surface area contributed by atoms with Crippen LogP contribution in [-0.4, -0.2) is 48.8 Å². The maximum absolute atomic E-state index is 13.7. The lowest BCUT2D eigenvalue weighted by Crippen LogP contribution is -2.53. The lowest BCUT2D eigenvalue weighted by atomic mass is 9.62. The number of anilines is 1. The predicted molar refractivity (Wildman–Crippen MR) is 149 cm³/mol. The second-order valence-corrected chi connectivity index (χ2v) is 9.51. The normalized spacial score (nSPS) is 11.7. The van der Waals surface area contributed by atoms with E-state index in [1.54, 1.807) is 61.5 Å². The molecule has 0 atom stereocenters. The van der Waals surface area contributed by atoms with E-state index in [9.17, 15) is 9.59 Å². The van der Waals surface area contributed by atoms with Crippen molar-refractivity contribution in [2.24, 2.45) is 0 Å². The second kappa shape index (κ2) is 9.68. The molecule has 0 saturated carbocycles. The minimum atomic E-state index is -1.60. The Labute approximate surface area is 226 Å². The van der Waals surface area contributed by atoms with E-state index in [0.717, 1.165) is 4.68 Å². The molecule has 3 aromatic carbocycles. The first-order chi connectivity index (χ1) is 18.0. The van der Waals surface area contributed by atoms with Crippen molar-refractivity contribution < 1.29 is 13.9 Å². The summed E-state index contributed by atoms with van der Waals surface area (Å²) in [6, 6.07) is 17.2. The van der Waals surface area contributed by atoms with E-state index in [4.69, 9.17) is 36.4 Å². The number of amides is 1. The molecule has 0 aliphatic heterocycles. The Morgan fingerprint density at radius 1 is 1.13 bits per heavy atom. The van der Waals surface area contributed by atoms with Gasteiger partial charge in [0.2, 0.25) is 5.91 Å². The van der Waals surface area contributed by atoms with Crippen LogP contribution in [0.4, 0.5) is 5.69 Å². The van der Waals surface area contributed by atoms with Gasteiger partial charge in [-0.05, 0) is 47.8 Å². The third-order valence-electron chi connectivity index (χ3n) is 6.02. The van der Waals surface area contributed by atoms with Crippen LogP contribution in [0.5, 0.6) is 5.75 Å². The van der Waals surface area contributed by atoms with Crippen molar-refractivity contribution >= 4 is 60.8 Å². The highest BCUT2D eigenvalue weighted by Gasteiger charge is 2.29. The first-order valence-electron chi connectivity index (χ1n) is 11.7. The Kier molecular flexibility index (Phi) is 6.53.